The van der Waals surface area contributed by atoms with E-state index in [-0.39, 0.29) is 20.7 Å². The Morgan fingerprint density at radius 2 is 1.69 bits per heavy atom. The smallest absolute Gasteiger partial charge is 0.267 e. The average molecular weight is 236 g/mol. The Morgan fingerprint density at radius 3 is 1.88 bits per heavy atom. The third kappa shape index (κ3) is 12.6. The van der Waals surface area contributed by atoms with Gasteiger partial charge in [-0.1, -0.05) is 32.5 Å². The Morgan fingerprint density at radius 1 is 1.25 bits per heavy atom. The number of hydrogen-bond acceptors (Lipinski definition) is 1. The number of benzene rings is 1. The summed E-state index contributed by atoms with van der Waals surface area (Å²) in [6, 6.07) is 5.31. The summed E-state index contributed by atoms with van der Waals surface area (Å²) in [5.41, 5.74) is 1.09. The first-order chi connectivity index (χ1) is 6.56. The molecule has 0 fully saturated rings. The van der Waals surface area contributed by atoms with E-state index in [0.717, 1.165) is 5.56 Å². The molecule has 4 heteroatoms. The van der Waals surface area contributed by atoms with Crippen LogP contribution >= 0.6 is 0 Å². The third-order valence-electron chi connectivity index (χ3n) is 1.22. The monoisotopic (exact) mass is 236 g/mol. The second-order valence-electron chi connectivity index (χ2n) is 2.40. The van der Waals surface area contributed by atoms with Crippen LogP contribution in [0.3, 0.4) is 0 Å². The van der Waals surface area contributed by atoms with Gasteiger partial charge in [0, 0.05) is 0 Å². The molecule has 0 atom stereocenters. The lowest BCUT2D eigenvalue weighted by Gasteiger charge is -1.88. The minimum Gasteiger partial charge on any atom is -0.439 e. The van der Waals surface area contributed by atoms with Crippen LogP contribution in [0.25, 0.3) is 0 Å². The van der Waals surface area contributed by atoms with Gasteiger partial charge in [-0.3, -0.25) is 0 Å². The molecule has 0 aliphatic heterocycles. The standard InChI is InChI=1S/C7H7F.C3H4F2O.2CH4/c1-6-2-4-7(8)5-3-6;1-3(5)6-2-4;;/h2-5H,1H3;1-2H2;2*1H4. The molecule has 0 aromatic heterocycles. The predicted octanol–water partition coefficient (Wildman–Crippen LogP) is 4.78. The van der Waals surface area contributed by atoms with Gasteiger partial charge < -0.3 is 4.74 Å². The zero-order valence-corrected chi connectivity index (χ0v) is 7.77. The van der Waals surface area contributed by atoms with Crippen LogP contribution in [0.5, 0.6) is 0 Å². The molecular weight excluding hydrogens is 217 g/mol. The molecule has 0 aliphatic carbocycles. The van der Waals surface area contributed by atoms with Gasteiger partial charge in [0.2, 0.25) is 6.86 Å². The number of halogens is 3. The van der Waals surface area contributed by atoms with Gasteiger partial charge >= 0.3 is 0 Å². The third-order valence-corrected chi connectivity index (χ3v) is 1.22. The number of rotatable bonds is 2. The summed E-state index contributed by atoms with van der Waals surface area (Å²) in [6.45, 7) is 3.40. The molecule has 1 rings (SSSR count). The van der Waals surface area contributed by atoms with Crippen molar-refractivity contribution in [2.24, 2.45) is 0 Å². The lowest BCUT2D eigenvalue weighted by Crippen LogP contribution is -1.78. The fourth-order valence-electron chi connectivity index (χ4n) is 0.592. The second-order valence-corrected chi connectivity index (χ2v) is 2.40. The zero-order chi connectivity index (χ0) is 11.0. The number of hydrogen-bond donors (Lipinski definition) is 0. The molecule has 1 nitrogen and oxygen atoms in total. The Labute approximate surface area is 95.6 Å². The summed E-state index contributed by atoms with van der Waals surface area (Å²) in [5.74, 6) is -0.171. The highest BCUT2D eigenvalue weighted by atomic mass is 19.2. The van der Waals surface area contributed by atoms with Gasteiger partial charge in [0.25, 0.3) is 6.01 Å². The molecule has 1 aromatic rings. The molecule has 0 aliphatic rings. The molecule has 1 aromatic carbocycles. The van der Waals surface area contributed by atoms with Crippen LogP contribution < -0.4 is 0 Å². The van der Waals surface area contributed by atoms with Gasteiger partial charge in [0.15, 0.2) is 0 Å². The summed E-state index contributed by atoms with van der Waals surface area (Å²) < 4.78 is 37.4. The highest BCUT2D eigenvalue weighted by Gasteiger charge is 1.83. The summed E-state index contributed by atoms with van der Waals surface area (Å²) >= 11 is 0. The van der Waals surface area contributed by atoms with Crippen molar-refractivity contribution in [1.82, 2.24) is 0 Å². The van der Waals surface area contributed by atoms with Crippen LogP contribution in [0.2, 0.25) is 0 Å². The molecule has 0 saturated heterocycles. The molecular formula is C12H19F3O. The van der Waals surface area contributed by atoms with E-state index in [1.807, 2.05) is 6.92 Å². The summed E-state index contributed by atoms with van der Waals surface area (Å²) in [4.78, 5) is 0. The van der Waals surface area contributed by atoms with Crippen LogP contribution in [-0.4, -0.2) is 6.86 Å². The lowest BCUT2D eigenvalue weighted by molar-refractivity contribution is 0.0736. The molecule has 0 spiro atoms. The van der Waals surface area contributed by atoms with Gasteiger partial charge in [-0.15, -0.1) is 0 Å². The van der Waals surface area contributed by atoms with Crippen molar-refractivity contribution in [2.45, 2.75) is 21.8 Å². The van der Waals surface area contributed by atoms with E-state index >= 15 is 0 Å². The first-order valence-electron chi connectivity index (χ1n) is 3.81. The van der Waals surface area contributed by atoms with Crippen molar-refractivity contribution in [3.05, 3.63) is 48.2 Å². The molecule has 0 bridgehead atoms. The maximum absolute atomic E-state index is 12.1. The average Bonchev–Trinajstić information content (AvgIpc) is 2.11. The Hall–Kier alpha value is -1.45. The SMILES string of the molecule is C.C.C=C(F)OCF.Cc1ccc(F)cc1. The van der Waals surface area contributed by atoms with Crippen LogP contribution in [0, 0.1) is 12.7 Å². The molecule has 0 amide bonds. The normalized spacial score (nSPS) is 7.50. The van der Waals surface area contributed by atoms with Crippen molar-refractivity contribution >= 4 is 0 Å². The largest absolute Gasteiger partial charge is 0.439 e. The molecule has 0 saturated carbocycles. The minimum absolute atomic E-state index is 0. The molecule has 0 radical (unpaired) electrons. The predicted molar refractivity (Wildman–Crippen MR) is 61.9 cm³/mol. The van der Waals surface area contributed by atoms with E-state index in [1.165, 1.54) is 12.1 Å². The molecule has 0 heterocycles. The van der Waals surface area contributed by atoms with Gasteiger partial charge in [-0.2, -0.15) is 4.39 Å². The topological polar surface area (TPSA) is 9.23 Å². The van der Waals surface area contributed by atoms with E-state index in [4.69, 9.17) is 0 Å². The van der Waals surface area contributed by atoms with Crippen LogP contribution in [0.15, 0.2) is 36.9 Å². The van der Waals surface area contributed by atoms with Crippen molar-refractivity contribution in [2.75, 3.05) is 6.86 Å². The number of ether oxygens (including phenoxy) is 1. The number of aryl methyl sites for hydroxylation is 1. The van der Waals surface area contributed by atoms with Crippen molar-refractivity contribution in [3.8, 4) is 0 Å². The Bertz CT molecular complexity index is 249. The molecule has 16 heavy (non-hydrogen) atoms. The first kappa shape index (κ1) is 20.0. The highest BCUT2D eigenvalue weighted by Crippen LogP contribution is 1.98. The van der Waals surface area contributed by atoms with Gasteiger partial charge in [0.05, 0.1) is 0 Å². The molecule has 94 valence electrons. The van der Waals surface area contributed by atoms with Crippen molar-refractivity contribution < 1.29 is 17.9 Å². The lowest BCUT2D eigenvalue weighted by atomic mass is 10.2. The Kier molecular flexibility index (Phi) is 14.5. The van der Waals surface area contributed by atoms with E-state index in [0.29, 0.717) is 0 Å². The van der Waals surface area contributed by atoms with E-state index in [2.05, 4.69) is 11.3 Å². The second kappa shape index (κ2) is 11.6. The maximum atomic E-state index is 12.1. The maximum Gasteiger partial charge on any atom is 0.267 e. The fraction of sp³-hybridized carbons (Fsp3) is 0.333. The summed E-state index contributed by atoms with van der Waals surface area (Å²) in [6.07, 6.45) is 0. The van der Waals surface area contributed by atoms with Crippen LogP contribution in [-0.2, 0) is 4.74 Å². The number of alkyl halides is 1. The highest BCUT2D eigenvalue weighted by molar-refractivity contribution is 5.13. The van der Waals surface area contributed by atoms with Crippen LogP contribution in [0.1, 0.15) is 20.4 Å². The van der Waals surface area contributed by atoms with Crippen molar-refractivity contribution in [3.63, 3.8) is 0 Å². The van der Waals surface area contributed by atoms with Crippen LogP contribution in [0.4, 0.5) is 13.2 Å². The quantitative estimate of drug-likeness (QED) is 0.671. The van der Waals surface area contributed by atoms with E-state index in [1.54, 1.807) is 12.1 Å². The first-order valence-corrected chi connectivity index (χ1v) is 3.81. The van der Waals surface area contributed by atoms with Gasteiger partial charge in [-0.05, 0) is 25.6 Å². The molecule has 0 unspecified atom stereocenters. The minimum atomic E-state index is -1.14. The summed E-state index contributed by atoms with van der Waals surface area (Å²) in [5, 5.41) is 0. The van der Waals surface area contributed by atoms with Gasteiger partial charge in [0.1, 0.15) is 5.82 Å². The fourth-order valence-corrected chi connectivity index (χ4v) is 0.592. The zero-order valence-electron chi connectivity index (χ0n) is 7.77. The Balaban J connectivity index is -0.000000195. The van der Waals surface area contributed by atoms with E-state index < -0.39 is 12.9 Å². The molecule has 0 N–H and O–H groups in total. The van der Waals surface area contributed by atoms with Gasteiger partial charge in [-0.25, -0.2) is 8.78 Å². The van der Waals surface area contributed by atoms with Crippen molar-refractivity contribution in [1.29, 1.82) is 0 Å². The summed E-state index contributed by atoms with van der Waals surface area (Å²) in [7, 11) is 0. The van der Waals surface area contributed by atoms with E-state index in [9.17, 15) is 13.2 Å².